The van der Waals surface area contributed by atoms with Crippen molar-refractivity contribution in [2.24, 2.45) is 0 Å². The number of benzene rings is 1. The first kappa shape index (κ1) is 11.0. The number of H-pyrrole nitrogens is 1. The van der Waals surface area contributed by atoms with Crippen LogP contribution in [0.15, 0.2) is 18.2 Å². The molecular weight excluding hydrogens is 228 g/mol. The molecule has 0 aliphatic heterocycles. The summed E-state index contributed by atoms with van der Waals surface area (Å²) >= 11 is 0. The quantitative estimate of drug-likeness (QED) is 0.807. The first-order valence-electron chi connectivity index (χ1n) is 6.07. The maximum Gasteiger partial charge on any atom is 0.354 e. The van der Waals surface area contributed by atoms with Crippen molar-refractivity contribution in [2.75, 3.05) is 0 Å². The topological polar surface area (TPSA) is 66.0 Å². The Morgan fingerprint density at radius 1 is 1.39 bits per heavy atom. The van der Waals surface area contributed by atoms with Gasteiger partial charge in [0.1, 0.15) is 5.69 Å². The maximum atomic E-state index is 11.1. The summed E-state index contributed by atoms with van der Waals surface area (Å²) < 4.78 is 0. The number of carboxylic acid groups (broad SMARTS) is 1. The minimum atomic E-state index is -0.931. The van der Waals surface area contributed by atoms with Crippen molar-refractivity contribution in [3.8, 4) is 11.3 Å². The van der Waals surface area contributed by atoms with Gasteiger partial charge in [-0.05, 0) is 31.7 Å². The molecule has 4 heteroatoms. The van der Waals surface area contributed by atoms with Crippen molar-refractivity contribution in [3.63, 3.8) is 0 Å². The molecule has 1 aromatic carbocycles. The van der Waals surface area contributed by atoms with Gasteiger partial charge in [-0.1, -0.05) is 23.8 Å². The lowest BCUT2D eigenvalue weighted by atomic mass is 10.00. The number of aromatic carboxylic acids is 1. The molecule has 0 amide bonds. The second kappa shape index (κ2) is 3.98. The van der Waals surface area contributed by atoms with Gasteiger partial charge in [-0.25, -0.2) is 4.79 Å². The number of aromatic nitrogens is 2. The number of hydrogen-bond acceptors (Lipinski definition) is 2. The summed E-state index contributed by atoms with van der Waals surface area (Å²) in [5.74, 6) is -0.931. The van der Waals surface area contributed by atoms with Gasteiger partial charge in [-0.2, -0.15) is 5.10 Å². The van der Waals surface area contributed by atoms with Gasteiger partial charge >= 0.3 is 5.97 Å². The van der Waals surface area contributed by atoms with Gasteiger partial charge in [0, 0.05) is 11.1 Å². The third kappa shape index (κ3) is 1.61. The Morgan fingerprint density at radius 2 is 2.22 bits per heavy atom. The first-order valence-corrected chi connectivity index (χ1v) is 6.07. The van der Waals surface area contributed by atoms with E-state index in [1.165, 1.54) is 11.1 Å². The van der Waals surface area contributed by atoms with Crippen LogP contribution in [0.3, 0.4) is 0 Å². The number of nitrogens with zero attached hydrogens (tertiary/aromatic N) is 1. The van der Waals surface area contributed by atoms with Crippen molar-refractivity contribution in [1.82, 2.24) is 10.2 Å². The summed E-state index contributed by atoms with van der Waals surface area (Å²) in [5, 5.41) is 16.0. The molecule has 1 aromatic heterocycles. The van der Waals surface area contributed by atoms with Crippen LogP contribution in [0, 0.1) is 6.92 Å². The van der Waals surface area contributed by atoms with Gasteiger partial charge in [-0.15, -0.1) is 0 Å². The average Bonchev–Trinajstić information content (AvgIpc) is 2.66. The molecule has 2 N–H and O–H groups in total. The van der Waals surface area contributed by atoms with Crippen molar-refractivity contribution < 1.29 is 9.90 Å². The van der Waals surface area contributed by atoms with Crippen molar-refractivity contribution in [2.45, 2.75) is 26.2 Å². The Kier molecular flexibility index (Phi) is 2.44. The number of aryl methyl sites for hydroxylation is 2. The van der Waals surface area contributed by atoms with Crippen molar-refractivity contribution in [3.05, 3.63) is 40.6 Å². The number of carboxylic acids is 1. The zero-order valence-electron chi connectivity index (χ0n) is 10.2. The Bertz CT molecular complexity index is 629. The van der Waals surface area contributed by atoms with Gasteiger partial charge in [0.15, 0.2) is 0 Å². The minimum Gasteiger partial charge on any atom is -0.477 e. The molecule has 0 atom stereocenters. The number of nitrogens with one attached hydrogen (secondary N) is 1. The zero-order valence-corrected chi connectivity index (χ0v) is 10.2. The molecule has 0 fully saturated rings. The molecule has 0 radical (unpaired) electrons. The van der Waals surface area contributed by atoms with E-state index in [4.69, 9.17) is 5.11 Å². The Hall–Kier alpha value is -2.10. The average molecular weight is 242 g/mol. The molecule has 0 saturated carbocycles. The SMILES string of the molecule is Cc1ccc2c(c1)CCCc1c-2n[nH]c1C(=O)O. The summed E-state index contributed by atoms with van der Waals surface area (Å²) in [5.41, 5.74) is 5.43. The van der Waals surface area contributed by atoms with E-state index in [9.17, 15) is 4.79 Å². The molecule has 2 aromatic rings. The molecule has 18 heavy (non-hydrogen) atoms. The number of fused-ring (bicyclic) bond motifs is 3. The monoisotopic (exact) mass is 242 g/mol. The highest BCUT2D eigenvalue weighted by atomic mass is 16.4. The van der Waals surface area contributed by atoms with Crippen LogP contribution in [0.5, 0.6) is 0 Å². The third-order valence-corrected chi connectivity index (χ3v) is 3.47. The summed E-state index contributed by atoms with van der Waals surface area (Å²) in [4.78, 5) is 11.1. The zero-order chi connectivity index (χ0) is 12.7. The standard InChI is InChI=1S/C14H14N2O2/c1-8-5-6-10-9(7-8)3-2-4-11-12(10)15-16-13(11)14(17)18/h5-7H,2-4H2,1H3,(H,15,16)(H,17,18). The lowest BCUT2D eigenvalue weighted by molar-refractivity contribution is 0.0689. The second-order valence-corrected chi connectivity index (χ2v) is 4.75. The number of rotatable bonds is 1. The number of carbonyl (C=O) groups is 1. The van der Waals surface area contributed by atoms with E-state index in [1.54, 1.807) is 0 Å². The highest BCUT2D eigenvalue weighted by Crippen LogP contribution is 2.32. The number of hydrogen-bond donors (Lipinski definition) is 2. The fourth-order valence-corrected chi connectivity index (χ4v) is 2.62. The summed E-state index contributed by atoms with van der Waals surface area (Å²) in [7, 11) is 0. The highest BCUT2D eigenvalue weighted by Gasteiger charge is 2.23. The Labute approximate surface area is 105 Å². The largest absolute Gasteiger partial charge is 0.477 e. The van der Waals surface area contributed by atoms with Gasteiger partial charge in [0.25, 0.3) is 0 Å². The van der Waals surface area contributed by atoms with E-state index in [0.29, 0.717) is 0 Å². The molecule has 1 aliphatic carbocycles. The Morgan fingerprint density at radius 3 is 3.00 bits per heavy atom. The minimum absolute atomic E-state index is 0.235. The van der Waals surface area contributed by atoms with Gasteiger partial charge in [-0.3, -0.25) is 5.10 Å². The van der Waals surface area contributed by atoms with Crippen molar-refractivity contribution >= 4 is 5.97 Å². The fourth-order valence-electron chi connectivity index (χ4n) is 2.62. The van der Waals surface area contributed by atoms with Gasteiger partial charge in [0.2, 0.25) is 0 Å². The molecular formula is C14H14N2O2. The van der Waals surface area contributed by atoms with Gasteiger partial charge in [0.05, 0.1) is 5.69 Å². The van der Waals surface area contributed by atoms with E-state index in [0.717, 1.165) is 36.1 Å². The summed E-state index contributed by atoms with van der Waals surface area (Å²) in [6.45, 7) is 2.07. The molecule has 0 spiro atoms. The highest BCUT2D eigenvalue weighted by molar-refractivity contribution is 5.90. The van der Waals surface area contributed by atoms with Crippen LogP contribution in [0.4, 0.5) is 0 Å². The molecule has 1 aliphatic rings. The molecule has 0 bridgehead atoms. The van der Waals surface area contributed by atoms with Crippen LogP contribution in [0.25, 0.3) is 11.3 Å². The van der Waals surface area contributed by atoms with E-state index in [2.05, 4.69) is 23.2 Å². The van der Waals surface area contributed by atoms with Crippen LogP contribution in [0.2, 0.25) is 0 Å². The van der Waals surface area contributed by atoms with Gasteiger partial charge < -0.3 is 5.11 Å². The van der Waals surface area contributed by atoms with Crippen molar-refractivity contribution in [1.29, 1.82) is 0 Å². The third-order valence-electron chi connectivity index (χ3n) is 3.47. The van der Waals surface area contributed by atoms with Crippen LogP contribution in [0.1, 0.15) is 33.6 Å². The molecule has 4 nitrogen and oxygen atoms in total. The molecule has 0 saturated heterocycles. The molecule has 1 heterocycles. The van der Waals surface area contributed by atoms with E-state index in [1.807, 2.05) is 12.1 Å². The lowest BCUT2D eigenvalue weighted by Gasteiger charge is -2.05. The predicted molar refractivity (Wildman–Crippen MR) is 67.7 cm³/mol. The first-order chi connectivity index (χ1) is 8.66. The lowest BCUT2D eigenvalue weighted by Crippen LogP contribution is -2.01. The van der Waals surface area contributed by atoms with E-state index < -0.39 is 5.97 Å². The molecule has 3 rings (SSSR count). The van der Waals surface area contributed by atoms with Crippen LogP contribution < -0.4 is 0 Å². The van der Waals surface area contributed by atoms with E-state index >= 15 is 0 Å². The number of aromatic amines is 1. The van der Waals surface area contributed by atoms with E-state index in [-0.39, 0.29) is 5.69 Å². The maximum absolute atomic E-state index is 11.1. The van der Waals surface area contributed by atoms with Crippen LogP contribution in [-0.2, 0) is 12.8 Å². The predicted octanol–water partition coefficient (Wildman–Crippen LogP) is 2.57. The normalized spacial score (nSPS) is 13.6. The Balaban J connectivity index is 2.22. The van der Waals surface area contributed by atoms with Crippen LogP contribution in [-0.4, -0.2) is 21.3 Å². The second-order valence-electron chi connectivity index (χ2n) is 4.75. The summed E-state index contributed by atoms with van der Waals surface area (Å²) in [6.07, 6.45) is 2.71. The molecule has 0 unspecified atom stereocenters. The van der Waals surface area contributed by atoms with Crippen LogP contribution >= 0.6 is 0 Å². The molecule has 92 valence electrons. The summed E-state index contributed by atoms with van der Waals surface area (Å²) in [6, 6.07) is 6.25. The fraction of sp³-hybridized carbons (Fsp3) is 0.286. The smallest absolute Gasteiger partial charge is 0.354 e.